The zero-order chi connectivity index (χ0) is 13.9. The number of aliphatic hydroxyl groups excluding tert-OH is 1. The van der Waals surface area contributed by atoms with Gasteiger partial charge >= 0.3 is 0 Å². The van der Waals surface area contributed by atoms with Gasteiger partial charge in [0.05, 0.1) is 16.3 Å². The first kappa shape index (κ1) is 14.6. The molecule has 18 heavy (non-hydrogen) atoms. The Labute approximate surface area is 105 Å². The Balaban J connectivity index is 2.98. The van der Waals surface area contributed by atoms with Crippen LogP contribution in [0.5, 0.6) is 0 Å². The molecule has 0 fully saturated rings. The molecule has 0 unspecified atom stereocenters. The minimum atomic E-state index is -3.36. The molecule has 1 aromatic rings. The summed E-state index contributed by atoms with van der Waals surface area (Å²) in [6, 6.07) is 5.21. The van der Waals surface area contributed by atoms with Gasteiger partial charge in [-0.25, -0.2) is 8.42 Å². The average molecular weight is 273 g/mol. The van der Waals surface area contributed by atoms with Gasteiger partial charge in [0.1, 0.15) is 0 Å². The summed E-state index contributed by atoms with van der Waals surface area (Å²) in [4.78, 5) is 9.92. The van der Waals surface area contributed by atoms with Gasteiger partial charge < -0.3 is 5.11 Å². The van der Waals surface area contributed by atoms with Crippen LogP contribution in [0.25, 0.3) is 0 Å². The first-order chi connectivity index (χ1) is 8.29. The van der Waals surface area contributed by atoms with Gasteiger partial charge in [-0.05, 0) is 24.6 Å². The number of aliphatic hydroxyl groups is 1. The van der Waals surface area contributed by atoms with Crippen molar-refractivity contribution in [1.29, 1.82) is 0 Å². The van der Waals surface area contributed by atoms with Crippen LogP contribution in [0.3, 0.4) is 0 Å². The molecule has 0 heterocycles. The number of sulfone groups is 1. The molecule has 0 saturated heterocycles. The molecule has 0 aromatic heterocycles. The first-order valence-electron chi connectivity index (χ1n) is 5.43. The predicted molar refractivity (Wildman–Crippen MR) is 67.0 cm³/mol. The Hall–Kier alpha value is -1.47. The largest absolute Gasteiger partial charge is 0.387 e. The van der Waals surface area contributed by atoms with Gasteiger partial charge in [0.15, 0.2) is 9.84 Å². The van der Waals surface area contributed by atoms with E-state index in [4.69, 9.17) is 0 Å². The molecule has 0 bridgehead atoms. The normalized spacial score (nSPS) is 15.1. The van der Waals surface area contributed by atoms with Gasteiger partial charge in [-0.3, -0.25) is 10.1 Å². The number of benzene rings is 1. The molecule has 0 amide bonds. The molecule has 1 rings (SSSR count). The minimum Gasteiger partial charge on any atom is -0.387 e. The highest BCUT2D eigenvalue weighted by atomic mass is 32.2. The standard InChI is InChI=1S/C11H15NO5S/c1-3-18(16,17)8(2)11(13)9-4-6-10(7-5-9)12(14)15/h4-8,11,13H,3H2,1-2H3/t8-,11+/m0/s1. The van der Waals surface area contributed by atoms with E-state index in [1.807, 2.05) is 0 Å². The summed E-state index contributed by atoms with van der Waals surface area (Å²) < 4.78 is 23.2. The Morgan fingerprint density at radius 2 is 1.83 bits per heavy atom. The summed E-state index contributed by atoms with van der Waals surface area (Å²) in [7, 11) is -3.36. The topological polar surface area (TPSA) is 97.5 Å². The number of hydrogen-bond donors (Lipinski definition) is 1. The molecular weight excluding hydrogens is 258 g/mol. The molecule has 0 spiro atoms. The molecular formula is C11H15NO5S. The van der Waals surface area contributed by atoms with Crippen molar-refractivity contribution in [1.82, 2.24) is 0 Å². The second-order valence-corrected chi connectivity index (χ2v) is 6.60. The van der Waals surface area contributed by atoms with Gasteiger partial charge in [-0.15, -0.1) is 0 Å². The van der Waals surface area contributed by atoms with Crippen molar-refractivity contribution >= 4 is 15.5 Å². The third kappa shape index (κ3) is 3.05. The molecule has 0 radical (unpaired) electrons. The summed E-state index contributed by atoms with van der Waals surface area (Å²) in [5.74, 6) is -0.0573. The van der Waals surface area contributed by atoms with Crippen LogP contribution in [0.4, 0.5) is 5.69 Å². The van der Waals surface area contributed by atoms with Gasteiger partial charge in [0.25, 0.3) is 5.69 Å². The van der Waals surface area contributed by atoms with Crippen molar-refractivity contribution in [2.45, 2.75) is 25.2 Å². The highest BCUT2D eigenvalue weighted by Gasteiger charge is 2.27. The van der Waals surface area contributed by atoms with Crippen molar-refractivity contribution in [2.75, 3.05) is 5.75 Å². The zero-order valence-electron chi connectivity index (χ0n) is 10.1. The van der Waals surface area contributed by atoms with Crippen LogP contribution in [0, 0.1) is 10.1 Å². The fourth-order valence-electron chi connectivity index (χ4n) is 1.52. The summed E-state index contributed by atoms with van der Waals surface area (Å²) in [5, 5.41) is 19.5. The van der Waals surface area contributed by atoms with E-state index in [2.05, 4.69) is 0 Å². The third-order valence-corrected chi connectivity index (χ3v) is 5.05. The van der Waals surface area contributed by atoms with Crippen molar-refractivity contribution in [2.24, 2.45) is 0 Å². The van der Waals surface area contributed by atoms with Crippen molar-refractivity contribution < 1.29 is 18.4 Å². The lowest BCUT2D eigenvalue weighted by atomic mass is 10.1. The third-order valence-electron chi connectivity index (χ3n) is 2.86. The summed E-state index contributed by atoms with van der Waals surface area (Å²) in [6.07, 6.45) is -1.18. The van der Waals surface area contributed by atoms with Gasteiger partial charge in [-0.1, -0.05) is 6.92 Å². The Bertz CT molecular complexity index is 523. The Morgan fingerprint density at radius 1 is 1.33 bits per heavy atom. The van der Waals surface area contributed by atoms with E-state index >= 15 is 0 Å². The number of non-ortho nitro benzene ring substituents is 1. The van der Waals surface area contributed by atoms with Crippen LogP contribution in [-0.2, 0) is 9.84 Å². The lowest BCUT2D eigenvalue weighted by Gasteiger charge is -2.18. The minimum absolute atomic E-state index is 0.0573. The average Bonchev–Trinajstić information content (AvgIpc) is 2.37. The maximum Gasteiger partial charge on any atom is 0.269 e. The highest BCUT2D eigenvalue weighted by molar-refractivity contribution is 7.92. The van der Waals surface area contributed by atoms with E-state index in [0.717, 1.165) is 0 Å². The van der Waals surface area contributed by atoms with Gasteiger partial charge in [0.2, 0.25) is 0 Å². The summed E-state index contributed by atoms with van der Waals surface area (Å²) in [5.41, 5.74) is 0.252. The predicted octanol–water partition coefficient (Wildman–Crippen LogP) is 1.45. The first-order valence-corrected chi connectivity index (χ1v) is 7.15. The molecule has 0 aliphatic carbocycles. The SMILES string of the molecule is CCS(=O)(=O)[C@@H](C)[C@@H](O)c1ccc([N+](=O)[O-])cc1. The smallest absolute Gasteiger partial charge is 0.269 e. The quantitative estimate of drug-likeness (QED) is 0.646. The molecule has 0 saturated carbocycles. The fourth-order valence-corrected chi connectivity index (χ4v) is 2.60. The van der Waals surface area contributed by atoms with Crippen molar-refractivity contribution in [3.05, 3.63) is 39.9 Å². The van der Waals surface area contributed by atoms with E-state index < -0.39 is 26.1 Å². The number of nitro benzene ring substituents is 1. The molecule has 7 heteroatoms. The second-order valence-electron chi connectivity index (χ2n) is 3.95. The lowest BCUT2D eigenvalue weighted by molar-refractivity contribution is -0.384. The monoisotopic (exact) mass is 273 g/mol. The molecule has 6 nitrogen and oxygen atoms in total. The summed E-state index contributed by atoms with van der Waals surface area (Å²) >= 11 is 0. The van der Waals surface area contributed by atoms with Crippen LogP contribution in [0.15, 0.2) is 24.3 Å². The van der Waals surface area contributed by atoms with Crippen LogP contribution < -0.4 is 0 Å². The van der Waals surface area contributed by atoms with Crippen LogP contribution >= 0.6 is 0 Å². The van der Waals surface area contributed by atoms with Crippen LogP contribution in [0.1, 0.15) is 25.5 Å². The van der Waals surface area contributed by atoms with Gasteiger partial charge in [-0.2, -0.15) is 0 Å². The molecule has 0 aliphatic heterocycles. The van der Waals surface area contributed by atoms with Gasteiger partial charge in [0, 0.05) is 17.9 Å². The summed E-state index contributed by atoms with van der Waals surface area (Å²) in [6.45, 7) is 2.93. The number of nitro groups is 1. The van der Waals surface area contributed by atoms with E-state index in [1.54, 1.807) is 0 Å². The lowest BCUT2D eigenvalue weighted by Crippen LogP contribution is -2.26. The zero-order valence-corrected chi connectivity index (χ0v) is 10.9. The van der Waals surface area contributed by atoms with E-state index in [-0.39, 0.29) is 11.4 Å². The molecule has 1 N–H and O–H groups in total. The molecule has 0 aliphatic rings. The van der Waals surface area contributed by atoms with E-state index in [1.165, 1.54) is 38.1 Å². The van der Waals surface area contributed by atoms with E-state index in [9.17, 15) is 23.6 Å². The number of rotatable bonds is 5. The maximum absolute atomic E-state index is 11.6. The number of hydrogen-bond acceptors (Lipinski definition) is 5. The Kier molecular flexibility index (Phi) is 4.42. The Morgan fingerprint density at radius 3 is 2.22 bits per heavy atom. The van der Waals surface area contributed by atoms with Crippen LogP contribution in [0.2, 0.25) is 0 Å². The fraction of sp³-hybridized carbons (Fsp3) is 0.455. The maximum atomic E-state index is 11.6. The van der Waals surface area contributed by atoms with Crippen molar-refractivity contribution in [3.63, 3.8) is 0 Å². The van der Waals surface area contributed by atoms with E-state index in [0.29, 0.717) is 5.56 Å². The molecule has 1 aromatic carbocycles. The molecule has 2 atom stereocenters. The van der Waals surface area contributed by atoms with Crippen LogP contribution in [-0.4, -0.2) is 29.5 Å². The number of nitrogens with zero attached hydrogens (tertiary/aromatic N) is 1. The second kappa shape index (κ2) is 5.45. The van der Waals surface area contributed by atoms with Crippen molar-refractivity contribution in [3.8, 4) is 0 Å². The molecule has 100 valence electrons. The highest BCUT2D eigenvalue weighted by Crippen LogP contribution is 2.24.